The Morgan fingerprint density at radius 1 is 1.18 bits per heavy atom. The third-order valence-electron chi connectivity index (χ3n) is 5.66. The topological polar surface area (TPSA) is 61.8 Å². The number of imidazole rings is 1. The van der Waals surface area contributed by atoms with E-state index in [-0.39, 0.29) is 0 Å². The molecule has 0 aliphatic rings. The molecule has 0 aliphatic carbocycles. The summed E-state index contributed by atoms with van der Waals surface area (Å²) < 4.78 is 2.01. The summed E-state index contributed by atoms with van der Waals surface area (Å²) in [6.07, 6.45) is 11.2. The number of aromatic nitrogens is 4. The van der Waals surface area contributed by atoms with Crippen molar-refractivity contribution >= 4 is 23.1 Å². The summed E-state index contributed by atoms with van der Waals surface area (Å²) in [4.78, 5) is 9.75. The lowest BCUT2D eigenvalue weighted by atomic mass is 10.1. The fraction of sp³-hybridized carbons (Fsp3) is 0.385. The molecule has 2 N–H and O–H groups in total. The van der Waals surface area contributed by atoms with Crippen LogP contribution in [0.15, 0.2) is 56.0 Å². The van der Waals surface area contributed by atoms with Crippen LogP contribution in [-0.2, 0) is 13.0 Å². The van der Waals surface area contributed by atoms with Crippen molar-refractivity contribution in [2.45, 2.75) is 52.5 Å². The fourth-order valence-electron chi connectivity index (χ4n) is 3.82. The van der Waals surface area contributed by atoms with Crippen LogP contribution in [0.4, 0.5) is 5.82 Å². The lowest BCUT2D eigenvalue weighted by Gasteiger charge is -2.26. The highest BCUT2D eigenvalue weighted by molar-refractivity contribution is 6.28. The van der Waals surface area contributed by atoms with Crippen LogP contribution in [0.5, 0.6) is 0 Å². The molecule has 2 heterocycles. The SMILES string of the molecule is C=CNc1nc(Cl)[nH]c1C(=C)N(CCCCC)CCCc1cnn(Cc2ccc(C)cc2)c1. The van der Waals surface area contributed by atoms with Gasteiger partial charge < -0.3 is 15.2 Å². The molecule has 176 valence electrons. The number of H-pyrrole nitrogens is 1. The van der Waals surface area contributed by atoms with E-state index in [9.17, 15) is 0 Å². The highest BCUT2D eigenvalue weighted by Gasteiger charge is 2.17. The first-order chi connectivity index (χ1) is 16.0. The van der Waals surface area contributed by atoms with Crippen molar-refractivity contribution in [2.75, 3.05) is 18.4 Å². The first-order valence-corrected chi connectivity index (χ1v) is 12.0. The molecule has 0 unspecified atom stereocenters. The molecule has 7 heteroatoms. The fourth-order valence-corrected chi connectivity index (χ4v) is 4.00. The molecule has 6 nitrogen and oxygen atoms in total. The molecule has 33 heavy (non-hydrogen) atoms. The minimum absolute atomic E-state index is 0.338. The number of benzene rings is 1. The zero-order valence-corrected chi connectivity index (χ0v) is 20.5. The smallest absolute Gasteiger partial charge is 0.202 e. The van der Waals surface area contributed by atoms with Crippen molar-refractivity contribution in [1.82, 2.24) is 24.6 Å². The van der Waals surface area contributed by atoms with E-state index in [0.29, 0.717) is 11.1 Å². The number of unbranched alkanes of at least 4 members (excludes halogenated alkanes) is 2. The molecular formula is C26H35ClN6. The number of halogens is 1. The number of rotatable bonds is 14. The molecule has 0 saturated heterocycles. The highest BCUT2D eigenvalue weighted by Crippen LogP contribution is 2.26. The van der Waals surface area contributed by atoms with Crippen molar-refractivity contribution in [3.05, 3.63) is 83.7 Å². The largest absolute Gasteiger partial charge is 0.370 e. The third-order valence-corrected chi connectivity index (χ3v) is 5.84. The second-order valence-electron chi connectivity index (χ2n) is 8.38. The molecule has 0 aliphatic heterocycles. The van der Waals surface area contributed by atoms with Gasteiger partial charge in [-0.15, -0.1) is 0 Å². The second-order valence-corrected chi connectivity index (χ2v) is 8.73. The first-order valence-electron chi connectivity index (χ1n) is 11.6. The van der Waals surface area contributed by atoms with Crippen LogP contribution in [0.3, 0.4) is 0 Å². The van der Waals surface area contributed by atoms with Crippen LogP contribution in [0, 0.1) is 6.92 Å². The molecule has 3 rings (SSSR count). The summed E-state index contributed by atoms with van der Waals surface area (Å²) >= 11 is 6.12. The lowest BCUT2D eigenvalue weighted by molar-refractivity contribution is 0.377. The molecule has 0 spiro atoms. The molecular weight excluding hydrogens is 432 g/mol. The Balaban J connectivity index is 1.59. The number of aryl methyl sites for hydroxylation is 2. The summed E-state index contributed by atoms with van der Waals surface area (Å²) in [5.74, 6) is 0.651. The van der Waals surface area contributed by atoms with Crippen molar-refractivity contribution in [3.8, 4) is 0 Å². The molecule has 0 bridgehead atoms. The van der Waals surface area contributed by atoms with E-state index in [0.717, 1.165) is 50.3 Å². The van der Waals surface area contributed by atoms with Gasteiger partial charge in [0.05, 0.1) is 18.4 Å². The van der Waals surface area contributed by atoms with E-state index in [1.807, 2.05) is 10.9 Å². The Morgan fingerprint density at radius 3 is 2.67 bits per heavy atom. The number of nitrogens with zero attached hydrogens (tertiary/aromatic N) is 4. The van der Waals surface area contributed by atoms with Gasteiger partial charge in [0.1, 0.15) is 5.69 Å². The maximum Gasteiger partial charge on any atom is 0.202 e. The zero-order valence-electron chi connectivity index (χ0n) is 19.8. The quantitative estimate of drug-likeness (QED) is 0.275. The summed E-state index contributed by atoms with van der Waals surface area (Å²) in [6.45, 7) is 15.0. The van der Waals surface area contributed by atoms with Crippen LogP contribution in [0.2, 0.25) is 5.28 Å². The van der Waals surface area contributed by atoms with Gasteiger partial charge in [0.2, 0.25) is 5.28 Å². The third kappa shape index (κ3) is 7.26. The Bertz CT molecular complexity index is 1030. The van der Waals surface area contributed by atoms with E-state index in [1.165, 1.54) is 29.5 Å². The molecule has 0 radical (unpaired) electrons. The minimum Gasteiger partial charge on any atom is -0.370 e. The van der Waals surface area contributed by atoms with Crippen molar-refractivity contribution in [2.24, 2.45) is 0 Å². The number of hydrogen-bond donors (Lipinski definition) is 2. The van der Waals surface area contributed by atoms with E-state index in [4.69, 9.17) is 11.6 Å². The Kier molecular flexibility index (Phi) is 9.19. The monoisotopic (exact) mass is 466 g/mol. The standard InChI is InChI=1S/C26H35ClN6/c1-5-7-8-15-32(21(4)24-25(28-6-2)31-26(27)30-24)16-9-10-23-17-29-33(19-23)18-22-13-11-20(3)12-14-22/h6,11-14,17,19,28H,2,4-5,7-10,15-16,18H2,1,3H3,(H,30,31). The predicted molar refractivity (Wildman–Crippen MR) is 138 cm³/mol. The molecule has 0 atom stereocenters. The Morgan fingerprint density at radius 2 is 1.94 bits per heavy atom. The van der Waals surface area contributed by atoms with Crippen LogP contribution in [0.25, 0.3) is 5.70 Å². The zero-order chi connectivity index (χ0) is 23.6. The lowest BCUT2D eigenvalue weighted by Crippen LogP contribution is -2.25. The van der Waals surface area contributed by atoms with E-state index in [2.05, 4.69) is 82.8 Å². The van der Waals surface area contributed by atoms with Crippen LogP contribution >= 0.6 is 11.6 Å². The maximum absolute atomic E-state index is 6.12. The average molecular weight is 467 g/mol. The summed E-state index contributed by atoms with van der Waals surface area (Å²) in [5, 5.41) is 7.93. The van der Waals surface area contributed by atoms with Crippen LogP contribution in [0.1, 0.15) is 55.0 Å². The van der Waals surface area contributed by atoms with Gasteiger partial charge in [-0.2, -0.15) is 10.1 Å². The Hall–Kier alpha value is -2.99. The first kappa shape index (κ1) is 24.6. The van der Waals surface area contributed by atoms with E-state index >= 15 is 0 Å². The van der Waals surface area contributed by atoms with Gasteiger partial charge >= 0.3 is 0 Å². The highest BCUT2D eigenvalue weighted by atomic mass is 35.5. The van der Waals surface area contributed by atoms with Gasteiger partial charge in [-0.05, 0) is 55.1 Å². The number of anilines is 1. The van der Waals surface area contributed by atoms with Gasteiger partial charge in [0, 0.05) is 19.3 Å². The van der Waals surface area contributed by atoms with Crippen molar-refractivity contribution < 1.29 is 0 Å². The summed E-state index contributed by atoms with van der Waals surface area (Å²) in [5.41, 5.74) is 5.48. The van der Waals surface area contributed by atoms with E-state index in [1.54, 1.807) is 6.20 Å². The average Bonchev–Trinajstić information content (AvgIpc) is 3.40. The maximum atomic E-state index is 6.12. The molecule has 2 aromatic heterocycles. The van der Waals surface area contributed by atoms with Gasteiger partial charge in [-0.3, -0.25) is 4.68 Å². The van der Waals surface area contributed by atoms with Crippen LogP contribution < -0.4 is 5.32 Å². The molecule has 0 saturated carbocycles. The van der Waals surface area contributed by atoms with Gasteiger partial charge in [0.15, 0.2) is 5.82 Å². The predicted octanol–water partition coefficient (Wildman–Crippen LogP) is 6.27. The molecule has 3 aromatic rings. The van der Waals surface area contributed by atoms with Gasteiger partial charge in [-0.1, -0.05) is 62.8 Å². The van der Waals surface area contributed by atoms with Gasteiger partial charge in [0.25, 0.3) is 0 Å². The molecule has 0 amide bonds. The summed E-state index contributed by atoms with van der Waals surface area (Å²) in [7, 11) is 0. The van der Waals surface area contributed by atoms with Crippen LogP contribution in [-0.4, -0.2) is 37.7 Å². The van der Waals surface area contributed by atoms with Crippen molar-refractivity contribution in [3.63, 3.8) is 0 Å². The normalized spacial score (nSPS) is 10.9. The second kappa shape index (κ2) is 12.3. The summed E-state index contributed by atoms with van der Waals surface area (Å²) in [6, 6.07) is 8.60. The molecule has 1 aromatic carbocycles. The number of nitrogens with one attached hydrogen (secondary N) is 2. The van der Waals surface area contributed by atoms with E-state index < -0.39 is 0 Å². The molecule has 0 fully saturated rings. The minimum atomic E-state index is 0.338. The number of aromatic amines is 1. The van der Waals surface area contributed by atoms with Crippen molar-refractivity contribution in [1.29, 1.82) is 0 Å². The Labute approximate surface area is 202 Å². The van der Waals surface area contributed by atoms with Gasteiger partial charge in [-0.25, -0.2) is 0 Å². The number of hydrogen-bond acceptors (Lipinski definition) is 4.